The summed E-state index contributed by atoms with van der Waals surface area (Å²) < 4.78 is 34.1. The molecule has 0 saturated heterocycles. The first-order chi connectivity index (χ1) is 7.54. The van der Waals surface area contributed by atoms with Gasteiger partial charge < -0.3 is 15.2 Å². The van der Waals surface area contributed by atoms with Crippen LogP contribution in [-0.2, 0) is 0 Å². The van der Waals surface area contributed by atoms with E-state index in [0.717, 1.165) is 0 Å². The molecule has 2 N–H and O–H groups in total. The SMILES string of the molecule is COc1ccc([C@H](C)N)c(OCC(F)F)c1. The fraction of sp³-hybridized carbons (Fsp3) is 0.455. The van der Waals surface area contributed by atoms with Crippen molar-refractivity contribution >= 4 is 0 Å². The van der Waals surface area contributed by atoms with Crippen molar-refractivity contribution in [3.8, 4) is 11.5 Å². The lowest BCUT2D eigenvalue weighted by atomic mass is 10.1. The van der Waals surface area contributed by atoms with E-state index in [1.54, 1.807) is 25.1 Å². The predicted octanol–water partition coefficient (Wildman–Crippen LogP) is 2.36. The van der Waals surface area contributed by atoms with Crippen molar-refractivity contribution in [2.75, 3.05) is 13.7 Å². The smallest absolute Gasteiger partial charge is 0.272 e. The Morgan fingerprint density at radius 3 is 2.56 bits per heavy atom. The van der Waals surface area contributed by atoms with Crippen LogP contribution in [0.2, 0.25) is 0 Å². The monoisotopic (exact) mass is 231 g/mol. The first-order valence-electron chi connectivity index (χ1n) is 4.89. The third kappa shape index (κ3) is 3.34. The van der Waals surface area contributed by atoms with Gasteiger partial charge in [-0.2, -0.15) is 0 Å². The molecule has 1 rings (SSSR count). The third-order valence-electron chi connectivity index (χ3n) is 2.08. The van der Waals surface area contributed by atoms with Crippen molar-refractivity contribution < 1.29 is 18.3 Å². The lowest BCUT2D eigenvalue weighted by Gasteiger charge is -2.14. The van der Waals surface area contributed by atoms with E-state index in [-0.39, 0.29) is 6.04 Å². The highest BCUT2D eigenvalue weighted by Gasteiger charge is 2.11. The van der Waals surface area contributed by atoms with E-state index >= 15 is 0 Å². The molecule has 0 aromatic heterocycles. The Morgan fingerprint density at radius 2 is 2.06 bits per heavy atom. The van der Waals surface area contributed by atoms with E-state index in [9.17, 15) is 8.78 Å². The van der Waals surface area contributed by atoms with Crippen LogP contribution in [0, 0.1) is 0 Å². The Kier molecular flexibility index (Phi) is 4.49. The Balaban J connectivity index is 2.91. The second-order valence-corrected chi connectivity index (χ2v) is 3.39. The first-order valence-corrected chi connectivity index (χ1v) is 4.89. The fourth-order valence-electron chi connectivity index (χ4n) is 1.30. The number of hydrogen-bond donors (Lipinski definition) is 1. The van der Waals surface area contributed by atoms with Gasteiger partial charge in [0.25, 0.3) is 6.43 Å². The van der Waals surface area contributed by atoms with Crippen LogP contribution in [0.5, 0.6) is 11.5 Å². The minimum Gasteiger partial charge on any atom is -0.497 e. The molecule has 16 heavy (non-hydrogen) atoms. The standard InChI is InChI=1S/C11H15F2NO2/c1-7(14)9-4-3-8(15-2)5-10(9)16-6-11(12)13/h3-5,7,11H,6,14H2,1-2H3/t7-/m0/s1. The molecule has 0 spiro atoms. The molecule has 0 heterocycles. The van der Waals surface area contributed by atoms with Crippen LogP contribution >= 0.6 is 0 Å². The molecule has 0 fully saturated rings. The average Bonchev–Trinajstić information content (AvgIpc) is 2.25. The maximum absolute atomic E-state index is 12.0. The van der Waals surface area contributed by atoms with Gasteiger partial charge in [0.2, 0.25) is 0 Å². The summed E-state index contributed by atoms with van der Waals surface area (Å²) in [6, 6.07) is 4.71. The van der Waals surface area contributed by atoms with Crippen LogP contribution in [-0.4, -0.2) is 20.1 Å². The molecule has 0 amide bonds. The number of methoxy groups -OCH3 is 1. The molecule has 5 heteroatoms. The molecule has 0 unspecified atom stereocenters. The van der Waals surface area contributed by atoms with E-state index in [1.165, 1.54) is 7.11 Å². The summed E-state index contributed by atoms with van der Waals surface area (Å²) in [5, 5.41) is 0. The normalized spacial score (nSPS) is 12.6. The van der Waals surface area contributed by atoms with Crippen molar-refractivity contribution in [1.29, 1.82) is 0 Å². The maximum Gasteiger partial charge on any atom is 0.272 e. The number of benzene rings is 1. The summed E-state index contributed by atoms with van der Waals surface area (Å²) in [6.45, 7) is 1.12. The zero-order chi connectivity index (χ0) is 12.1. The molecular weight excluding hydrogens is 216 g/mol. The summed E-state index contributed by atoms with van der Waals surface area (Å²) >= 11 is 0. The molecule has 0 aliphatic heterocycles. The fourth-order valence-corrected chi connectivity index (χ4v) is 1.30. The highest BCUT2D eigenvalue weighted by molar-refractivity contribution is 5.42. The van der Waals surface area contributed by atoms with E-state index in [0.29, 0.717) is 17.1 Å². The second kappa shape index (κ2) is 5.65. The molecule has 3 nitrogen and oxygen atoms in total. The molecule has 1 atom stereocenters. The van der Waals surface area contributed by atoms with Crippen LogP contribution < -0.4 is 15.2 Å². The van der Waals surface area contributed by atoms with Gasteiger partial charge in [-0.25, -0.2) is 8.78 Å². The number of rotatable bonds is 5. The highest BCUT2D eigenvalue weighted by atomic mass is 19.3. The quantitative estimate of drug-likeness (QED) is 0.846. The molecule has 1 aromatic rings. The maximum atomic E-state index is 12.0. The van der Waals surface area contributed by atoms with Gasteiger partial charge in [0.15, 0.2) is 0 Å². The lowest BCUT2D eigenvalue weighted by Crippen LogP contribution is -2.12. The van der Waals surface area contributed by atoms with Gasteiger partial charge in [-0.1, -0.05) is 6.07 Å². The molecule has 0 aliphatic rings. The topological polar surface area (TPSA) is 44.5 Å². The first kappa shape index (κ1) is 12.7. The largest absolute Gasteiger partial charge is 0.497 e. The summed E-state index contributed by atoms with van der Waals surface area (Å²) in [4.78, 5) is 0. The van der Waals surface area contributed by atoms with E-state index in [2.05, 4.69) is 0 Å². The molecule has 0 saturated carbocycles. The van der Waals surface area contributed by atoms with Crippen LogP contribution in [0.1, 0.15) is 18.5 Å². The van der Waals surface area contributed by atoms with Gasteiger partial charge in [0.1, 0.15) is 18.1 Å². The third-order valence-corrected chi connectivity index (χ3v) is 2.08. The van der Waals surface area contributed by atoms with E-state index < -0.39 is 13.0 Å². The highest BCUT2D eigenvalue weighted by Crippen LogP contribution is 2.28. The van der Waals surface area contributed by atoms with Gasteiger partial charge in [0, 0.05) is 17.7 Å². The van der Waals surface area contributed by atoms with Crippen LogP contribution in [0.4, 0.5) is 8.78 Å². The van der Waals surface area contributed by atoms with Gasteiger partial charge in [-0.05, 0) is 13.0 Å². The van der Waals surface area contributed by atoms with E-state index in [1.807, 2.05) is 0 Å². The number of halogens is 2. The molecule has 1 aromatic carbocycles. The lowest BCUT2D eigenvalue weighted by molar-refractivity contribution is 0.0811. The van der Waals surface area contributed by atoms with Crippen LogP contribution in [0.15, 0.2) is 18.2 Å². The molecular formula is C11H15F2NO2. The molecule has 0 radical (unpaired) electrons. The Labute approximate surface area is 93.2 Å². The van der Waals surface area contributed by atoms with Crippen molar-refractivity contribution in [3.05, 3.63) is 23.8 Å². The zero-order valence-electron chi connectivity index (χ0n) is 9.24. The van der Waals surface area contributed by atoms with E-state index in [4.69, 9.17) is 15.2 Å². The van der Waals surface area contributed by atoms with Crippen LogP contribution in [0.25, 0.3) is 0 Å². The molecule has 0 aliphatic carbocycles. The average molecular weight is 231 g/mol. The predicted molar refractivity (Wildman–Crippen MR) is 57.1 cm³/mol. The minimum absolute atomic E-state index is 0.279. The summed E-state index contributed by atoms with van der Waals surface area (Å²) in [5.74, 6) is 0.892. The van der Waals surface area contributed by atoms with Crippen molar-refractivity contribution in [3.63, 3.8) is 0 Å². The van der Waals surface area contributed by atoms with Gasteiger partial charge in [0.05, 0.1) is 7.11 Å². The zero-order valence-corrected chi connectivity index (χ0v) is 9.24. The van der Waals surface area contributed by atoms with Crippen LogP contribution in [0.3, 0.4) is 0 Å². The van der Waals surface area contributed by atoms with Crippen molar-refractivity contribution in [1.82, 2.24) is 0 Å². The summed E-state index contributed by atoms with van der Waals surface area (Å²) in [7, 11) is 1.50. The summed E-state index contributed by atoms with van der Waals surface area (Å²) in [5.41, 5.74) is 6.39. The van der Waals surface area contributed by atoms with Gasteiger partial charge in [-0.15, -0.1) is 0 Å². The minimum atomic E-state index is -2.51. The number of nitrogens with two attached hydrogens (primary N) is 1. The van der Waals surface area contributed by atoms with Gasteiger partial charge in [-0.3, -0.25) is 0 Å². The second-order valence-electron chi connectivity index (χ2n) is 3.39. The summed E-state index contributed by atoms with van der Waals surface area (Å²) in [6.07, 6.45) is -2.51. The Morgan fingerprint density at radius 1 is 1.38 bits per heavy atom. The van der Waals surface area contributed by atoms with Crippen molar-refractivity contribution in [2.45, 2.75) is 19.4 Å². The van der Waals surface area contributed by atoms with Gasteiger partial charge >= 0.3 is 0 Å². The number of hydrogen-bond acceptors (Lipinski definition) is 3. The molecule has 0 bridgehead atoms. The van der Waals surface area contributed by atoms with Crippen molar-refractivity contribution in [2.24, 2.45) is 5.73 Å². The number of alkyl halides is 2. The Bertz CT molecular complexity index is 343. The Hall–Kier alpha value is -1.36. The molecule has 90 valence electrons. The number of ether oxygens (including phenoxy) is 2.